The van der Waals surface area contributed by atoms with Gasteiger partial charge in [-0.25, -0.2) is 0 Å². The molecule has 1 unspecified atom stereocenters. The molecule has 1 aromatic rings. The van der Waals surface area contributed by atoms with E-state index in [-0.39, 0.29) is 0 Å². The van der Waals surface area contributed by atoms with Gasteiger partial charge in [0.15, 0.2) is 0 Å². The number of ketones is 1. The van der Waals surface area contributed by atoms with Crippen LogP contribution in [0.3, 0.4) is 0 Å². The van der Waals surface area contributed by atoms with Crippen molar-refractivity contribution in [2.45, 2.75) is 32.6 Å². The van der Waals surface area contributed by atoms with Crippen LogP contribution in [0.2, 0.25) is 0 Å². The van der Waals surface area contributed by atoms with Crippen LogP contribution in [-0.4, -0.2) is 17.3 Å². The molecular formula is C15H20OS. The van der Waals surface area contributed by atoms with Crippen LogP contribution in [0.4, 0.5) is 0 Å². The third-order valence-corrected chi connectivity index (χ3v) is 4.57. The number of carbonyl (C=O) groups is 1. The van der Waals surface area contributed by atoms with Crippen molar-refractivity contribution >= 4 is 17.5 Å². The summed E-state index contributed by atoms with van der Waals surface area (Å²) in [7, 11) is 0. The van der Waals surface area contributed by atoms with Crippen molar-refractivity contribution in [2.75, 3.05) is 11.5 Å². The molecular weight excluding hydrogens is 228 g/mol. The second-order valence-electron chi connectivity index (χ2n) is 5.10. The first kappa shape index (κ1) is 12.7. The maximum Gasteiger partial charge on any atom is 0.141 e. The molecule has 1 atom stereocenters. The van der Waals surface area contributed by atoms with Crippen molar-refractivity contribution in [1.82, 2.24) is 0 Å². The largest absolute Gasteiger partial charge is 0.299 e. The van der Waals surface area contributed by atoms with E-state index in [2.05, 4.69) is 38.1 Å². The fourth-order valence-corrected chi connectivity index (χ4v) is 3.41. The summed E-state index contributed by atoms with van der Waals surface area (Å²) in [5.41, 5.74) is 2.51. The van der Waals surface area contributed by atoms with Crippen molar-refractivity contribution < 1.29 is 4.79 Å². The average Bonchev–Trinajstić information content (AvgIpc) is 2.83. The summed E-state index contributed by atoms with van der Waals surface area (Å²) in [5, 5.41) is 0. The normalized spacial score (nSPS) is 19.8. The SMILES string of the molecule is CC(C)c1ccc(CC(=O)C2CCSC2)cc1. The zero-order chi connectivity index (χ0) is 12.3. The molecule has 1 aromatic carbocycles. The molecule has 0 aromatic heterocycles. The molecule has 0 amide bonds. The van der Waals surface area contributed by atoms with Crippen LogP contribution in [-0.2, 0) is 11.2 Å². The van der Waals surface area contributed by atoms with Gasteiger partial charge in [-0.1, -0.05) is 38.1 Å². The van der Waals surface area contributed by atoms with E-state index in [9.17, 15) is 4.79 Å². The second-order valence-corrected chi connectivity index (χ2v) is 6.25. The van der Waals surface area contributed by atoms with Gasteiger partial charge in [0.2, 0.25) is 0 Å². The first-order chi connectivity index (χ1) is 8.16. The summed E-state index contributed by atoms with van der Waals surface area (Å²) < 4.78 is 0. The van der Waals surface area contributed by atoms with Crippen LogP contribution in [0.1, 0.15) is 37.3 Å². The van der Waals surface area contributed by atoms with Crippen LogP contribution in [0.15, 0.2) is 24.3 Å². The minimum Gasteiger partial charge on any atom is -0.299 e. The van der Waals surface area contributed by atoms with Crippen LogP contribution in [0.25, 0.3) is 0 Å². The van der Waals surface area contributed by atoms with E-state index >= 15 is 0 Å². The van der Waals surface area contributed by atoms with Crippen LogP contribution in [0, 0.1) is 5.92 Å². The third kappa shape index (κ3) is 3.35. The van der Waals surface area contributed by atoms with Crippen molar-refractivity contribution in [3.8, 4) is 0 Å². The molecule has 92 valence electrons. The van der Waals surface area contributed by atoms with Crippen molar-refractivity contribution in [1.29, 1.82) is 0 Å². The van der Waals surface area contributed by atoms with Gasteiger partial charge in [-0.05, 0) is 29.2 Å². The molecule has 17 heavy (non-hydrogen) atoms. The Morgan fingerprint density at radius 3 is 2.59 bits per heavy atom. The van der Waals surface area contributed by atoms with E-state index in [0.29, 0.717) is 24.0 Å². The molecule has 2 rings (SSSR count). The topological polar surface area (TPSA) is 17.1 Å². The predicted octanol–water partition coefficient (Wildman–Crippen LogP) is 3.67. The minimum absolute atomic E-state index is 0.310. The highest BCUT2D eigenvalue weighted by atomic mass is 32.2. The number of rotatable bonds is 4. The Bertz CT molecular complexity index is 374. The fourth-order valence-electron chi connectivity index (χ4n) is 2.15. The first-order valence-electron chi connectivity index (χ1n) is 6.36. The Labute approximate surface area is 108 Å². The lowest BCUT2D eigenvalue weighted by atomic mass is 9.95. The Kier molecular flexibility index (Phi) is 4.27. The average molecular weight is 248 g/mol. The van der Waals surface area contributed by atoms with Gasteiger partial charge in [0.1, 0.15) is 5.78 Å². The summed E-state index contributed by atoms with van der Waals surface area (Å²) in [6.07, 6.45) is 1.69. The summed E-state index contributed by atoms with van der Waals surface area (Å²) in [6, 6.07) is 8.51. The Balaban J connectivity index is 1.96. The number of hydrogen-bond acceptors (Lipinski definition) is 2. The van der Waals surface area contributed by atoms with E-state index in [4.69, 9.17) is 0 Å². The Morgan fingerprint density at radius 2 is 2.06 bits per heavy atom. The van der Waals surface area contributed by atoms with Gasteiger partial charge in [0.25, 0.3) is 0 Å². The molecule has 2 heteroatoms. The molecule has 1 nitrogen and oxygen atoms in total. The zero-order valence-corrected chi connectivity index (χ0v) is 11.4. The lowest BCUT2D eigenvalue weighted by molar-refractivity contribution is -0.121. The molecule has 0 N–H and O–H groups in total. The smallest absolute Gasteiger partial charge is 0.141 e. The van der Waals surface area contributed by atoms with Gasteiger partial charge in [-0.3, -0.25) is 4.79 Å². The standard InChI is InChI=1S/C15H20OS/c1-11(2)13-5-3-12(4-6-13)9-15(16)14-7-8-17-10-14/h3-6,11,14H,7-10H2,1-2H3. The van der Waals surface area contributed by atoms with Gasteiger partial charge in [0, 0.05) is 18.1 Å². The lowest BCUT2D eigenvalue weighted by Gasteiger charge is -2.09. The molecule has 1 heterocycles. The molecule has 0 spiro atoms. The van der Waals surface area contributed by atoms with E-state index in [1.165, 1.54) is 5.56 Å². The Hall–Kier alpha value is -0.760. The minimum atomic E-state index is 0.310. The van der Waals surface area contributed by atoms with Crippen molar-refractivity contribution in [3.05, 3.63) is 35.4 Å². The Morgan fingerprint density at radius 1 is 1.35 bits per heavy atom. The monoisotopic (exact) mass is 248 g/mol. The predicted molar refractivity (Wildman–Crippen MR) is 74.7 cm³/mol. The first-order valence-corrected chi connectivity index (χ1v) is 7.51. The third-order valence-electron chi connectivity index (χ3n) is 3.41. The highest BCUT2D eigenvalue weighted by Gasteiger charge is 2.22. The van der Waals surface area contributed by atoms with E-state index < -0.39 is 0 Å². The van der Waals surface area contributed by atoms with Gasteiger partial charge in [-0.15, -0.1) is 0 Å². The van der Waals surface area contributed by atoms with Crippen LogP contribution in [0.5, 0.6) is 0 Å². The maximum atomic E-state index is 12.0. The van der Waals surface area contributed by atoms with Gasteiger partial charge in [-0.2, -0.15) is 11.8 Å². The van der Waals surface area contributed by atoms with Crippen LogP contribution < -0.4 is 0 Å². The number of carbonyl (C=O) groups excluding carboxylic acids is 1. The number of thioether (sulfide) groups is 1. The number of Topliss-reactive ketones (excluding diaryl/α,β-unsaturated/α-hetero) is 1. The molecule has 0 radical (unpaired) electrons. The van der Waals surface area contributed by atoms with E-state index in [0.717, 1.165) is 23.5 Å². The van der Waals surface area contributed by atoms with Gasteiger partial charge in [0.05, 0.1) is 0 Å². The van der Waals surface area contributed by atoms with Crippen LogP contribution >= 0.6 is 11.8 Å². The molecule has 1 fully saturated rings. The summed E-state index contributed by atoms with van der Waals surface area (Å²) in [6.45, 7) is 4.38. The zero-order valence-electron chi connectivity index (χ0n) is 10.6. The molecule has 1 aliphatic heterocycles. The van der Waals surface area contributed by atoms with E-state index in [1.807, 2.05) is 11.8 Å². The summed E-state index contributed by atoms with van der Waals surface area (Å²) in [4.78, 5) is 12.0. The number of hydrogen-bond donors (Lipinski definition) is 0. The summed E-state index contributed by atoms with van der Waals surface area (Å²) >= 11 is 1.91. The molecule has 0 saturated carbocycles. The maximum absolute atomic E-state index is 12.0. The van der Waals surface area contributed by atoms with Crippen molar-refractivity contribution in [2.24, 2.45) is 5.92 Å². The second kappa shape index (κ2) is 5.72. The molecule has 0 aliphatic carbocycles. The number of benzene rings is 1. The van der Waals surface area contributed by atoms with Gasteiger partial charge < -0.3 is 0 Å². The van der Waals surface area contributed by atoms with Crippen molar-refractivity contribution in [3.63, 3.8) is 0 Å². The highest BCUT2D eigenvalue weighted by molar-refractivity contribution is 7.99. The lowest BCUT2D eigenvalue weighted by Crippen LogP contribution is -2.16. The summed E-state index contributed by atoms with van der Waals surface area (Å²) in [5.74, 6) is 3.48. The van der Waals surface area contributed by atoms with E-state index in [1.54, 1.807) is 0 Å². The van der Waals surface area contributed by atoms with Gasteiger partial charge >= 0.3 is 0 Å². The molecule has 1 saturated heterocycles. The highest BCUT2D eigenvalue weighted by Crippen LogP contribution is 2.25. The quantitative estimate of drug-likeness (QED) is 0.808. The fraction of sp³-hybridized carbons (Fsp3) is 0.533. The molecule has 0 bridgehead atoms. The molecule has 1 aliphatic rings.